The summed E-state index contributed by atoms with van der Waals surface area (Å²) in [6, 6.07) is 13.6. The highest BCUT2D eigenvalue weighted by atomic mass is 16.5. The number of rotatable bonds is 9. The quantitative estimate of drug-likeness (QED) is 0.412. The molecule has 0 saturated carbocycles. The van der Waals surface area contributed by atoms with Gasteiger partial charge in [-0.1, -0.05) is 36.9 Å². The molecule has 0 saturated heterocycles. The van der Waals surface area contributed by atoms with E-state index in [0.717, 1.165) is 29.5 Å². The van der Waals surface area contributed by atoms with Crippen LogP contribution in [0, 0.1) is 0 Å². The van der Waals surface area contributed by atoms with Crippen LogP contribution in [0.25, 0.3) is 0 Å². The van der Waals surface area contributed by atoms with E-state index in [9.17, 15) is 0 Å². The number of aromatic nitrogens is 1. The molecule has 0 aliphatic heterocycles. The van der Waals surface area contributed by atoms with E-state index in [4.69, 9.17) is 9.47 Å². The van der Waals surface area contributed by atoms with Gasteiger partial charge in [-0.05, 0) is 19.1 Å². The van der Waals surface area contributed by atoms with Gasteiger partial charge in [0.15, 0.2) is 5.96 Å². The van der Waals surface area contributed by atoms with Gasteiger partial charge in [0.1, 0.15) is 12.4 Å². The zero-order valence-corrected chi connectivity index (χ0v) is 15.4. The van der Waals surface area contributed by atoms with Crippen molar-refractivity contribution in [3.05, 3.63) is 66.4 Å². The lowest BCUT2D eigenvalue weighted by Crippen LogP contribution is -2.37. The van der Waals surface area contributed by atoms with Crippen LogP contribution in [0.15, 0.2) is 60.1 Å². The highest BCUT2D eigenvalue weighted by Crippen LogP contribution is 2.18. The number of ether oxygens (including phenoxy) is 2. The van der Waals surface area contributed by atoms with Crippen molar-refractivity contribution >= 4 is 5.96 Å². The van der Waals surface area contributed by atoms with Crippen molar-refractivity contribution in [2.24, 2.45) is 4.99 Å². The molecule has 0 unspecified atom stereocenters. The summed E-state index contributed by atoms with van der Waals surface area (Å²) in [6.45, 7) is 8.02. The smallest absolute Gasteiger partial charge is 0.213 e. The standard InChI is InChI=1S/C20H26N4O2/c1-4-13-26-18-11-7-6-9-16(18)14-22-20(21-5-2)23-15-17-10-8-12-19(24-17)25-3/h4,6-12H,1,5,13-15H2,2-3H3,(H2,21,22,23). The lowest BCUT2D eigenvalue weighted by Gasteiger charge is -2.12. The summed E-state index contributed by atoms with van der Waals surface area (Å²) < 4.78 is 10.8. The molecule has 0 spiro atoms. The highest BCUT2D eigenvalue weighted by Gasteiger charge is 2.04. The number of nitrogens with zero attached hydrogens (tertiary/aromatic N) is 2. The van der Waals surface area contributed by atoms with Crippen molar-refractivity contribution in [1.82, 2.24) is 15.6 Å². The van der Waals surface area contributed by atoms with E-state index in [0.29, 0.717) is 25.6 Å². The van der Waals surface area contributed by atoms with E-state index < -0.39 is 0 Å². The fraction of sp³-hybridized carbons (Fsp3) is 0.300. The lowest BCUT2D eigenvalue weighted by atomic mass is 10.2. The molecule has 2 aromatic rings. The molecule has 1 aromatic carbocycles. The summed E-state index contributed by atoms with van der Waals surface area (Å²) >= 11 is 0. The van der Waals surface area contributed by atoms with Gasteiger partial charge in [0.05, 0.1) is 25.9 Å². The maximum absolute atomic E-state index is 5.68. The molecule has 0 amide bonds. The zero-order valence-electron chi connectivity index (χ0n) is 15.4. The molecule has 138 valence electrons. The van der Waals surface area contributed by atoms with Crippen LogP contribution in [0.5, 0.6) is 11.6 Å². The molecule has 0 radical (unpaired) electrons. The summed E-state index contributed by atoms with van der Waals surface area (Å²) in [5.74, 6) is 2.14. The molecule has 1 aromatic heterocycles. The molecule has 6 heteroatoms. The van der Waals surface area contributed by atoms with Crippen LogP contribution >= 0.6 is 0 Å². The summed E-state index contributed by atoms with van der Waals surface area (Å²) in [4.78, 5) is 9.03. The monoisotopic (exact) mass is 354 g/mol. The third-order valence-corrected chi connectivity index (χ3v) is 3.51. The topological polar surface area (TPSA) is 67.8 Å². The first kappa shape index (κ1) is 19.3. The van der Waals surface area contributed by atoms with E-state index in [1.165, 1.54) is 0 Å². The fourth-order valence-electron chi connectivity index (χ4n) is 2.27. The van der Waals surface area contributed by atoms with Crippen LogP contribution in [0.4, 0.5) is 0 Å². The maximum atomic E-state index is 5.68. The van der Waals surface area contributed by atoms with Gasteiger partial charge in [-0.15, -0.1) is 0 Å². The van der Waals surface area contributed by atoms with Crippen molar-refractivity contribution in [2.45, 2.75) is 20.0 Å². The van der Waals surface area contributed by atoms with Crippen molar-refractivity contribution in [1.29, 1.82) is 0 Å². The second kappa shape index (κ2) is 10.8. The average Bonchev–Trinajstić information content (AvgIpc) is 2.69. The second-order valence-electron chi connectivity index (χ2n) is 5.43. The first-order valence-corrected chi connectivity index (χ1v) is 8.60. The van der Waals surface area contributed by atoms with Crippen LogP contribution in [-0.2, 0) is 13.1 Å². The van der Waals surface area contributed by atoms with Gasteiger partial charge in [0.2, 0.25) is 5.88 Å². The maximum Gasteiger partial charge on any atom is 0.213 e. The summed E-state index contributed by atoms with van der Waals surface area (Å²) in [5, 5.41) is 6.52. The van der Waals surface area contributed by atoms with Crippen molar-refractivity contribution in [3.8, 4) is 11.6 Å². The van der Waals surface area contributed by atoms with Gasteiger partial charge >= 0.3 is 0 Å². The number of nitrogens with one attached hydrogen (secondary N) is 2. The van der Waals surface area contributed by atoms with Gasteiger partial charge in [0, 0.05) is 18.2 Å². The summed E-state index contributed by atoms with van der Waals surface area (Å²) in [5.41, 5.74) is 1.90. The van der Waals surface area contributed by atoms with E-state index >= 15 is 0 Å². The van der Waals surface area contributed by atoms with E-state index in [1.54, 1.807) is 13.2 Å². The number of hydrogen-bond donors (Lipinski definition) is 2. The Morgan fingerprint density at radius 1 is 1.19 bits per heavy atom. The molecular weight excluding hydrogens is 328 g/mol. The Labute approximate surface area is 155 Å². The molecule has 0 aliphatic carbocycles. The minimum Gasteiger partial charge on any atom is -0.489 e. The third-order valence-electron chi connectivity index (χ3n) is 3.51. The normalized spacial score (nSPS) is 10.9. The summed E-state index contributed by atoms with van der Waals surface area (Å²) in [6.07, 6.45) is 1.73. The van der Waals surface area contributed by atoms with E-state index in [-0.39, 0.29) is 0 Å². The Hall–Kier alpha value is -3.02. The van der Waals surface area contributed by atoms with Crippen LogP contribution < -0.4 is 20.1 Å². The van der Waals surface area contributed by atoms with Crippen LogP contribution in [0.1, 0.15) is 18.2 Å². The number of methoxy groups -OCH3 is 1. The molecular formula is C20H26N4O2. The molecule has 2 N–H and O–H groups in total. The number of aliphatic imine (C=N–C) groups is 1. The molecule has 1 heterocycles. The number of pyridine rings is 1. The average molecular weight is 354 g/mol. The number of benzene rings is 1. The van der Waals surface area contributed by atoms with Gasteiger partial charge in [-0.25, -0.2) is 9.98 Å². The predicted octanol–water partition coefficient (Wildman–Crippen LogP) is 2.91. The van der Waals surface area contributed by atoms with Gasteiger partial charge in [0.25, 0.3) is 0 Å². The molecule has 0 bridgehead atoms. The second-order valence-corrected chi connectivity index (χ2v) is 5.43. The van der Waals surface area contributed by atoms with Crippen molar-refractivity contribution in [3.63, 3.8) is 0 Å². The first-order chi connectivity index (χ1) is 12.8. The number of guanidine groups is 1. The molecule has 2 rings (SSSR count). The predicted molar refractivity (Wildman–Crippen MR) is 105 cm³/mol. The molecule has 6 nitrogen and oxygen atoms in total. The highest BCUT2D eigenvalue weighted by molar-refractivity contribution is 5.79. The molecule has 0 aliphatic rings. The molecule has 26 heavy (non-hydrogen) atoms. The Bertz CT molecular complexity index is 731. The van der Waals surface area contributed by atoms with Gasteiger partial charge < -0.3 is 20.1 Å². The zero-order chi connectivity index (χ0) is 18.6. The van der Waals surface area contributed by atoms with E-state index in [1.807, 2.05) is 49.4 Å². The van der Waals surface area contributed by atoms with E-state index in [2.05, 4.69) is 27.2 Å². The molecule has 0 fully saturated rings. The van der Waals surface area contributed by atoms with Gasteiger partial charge in [-0.2, -0.15) is 0 Å². The van der Waals surface area contributed by atoms with Crippen molar-refractivity contribution < 1.29 is 9.47 Å². The molecule has 0 atom stereocenters. The fourth-order valence-corrected chi connectivity index (χ4v) is 2.27. The van der Waals surface area contributed by atoms with Gasteiger partial charge in [-0.3, -0.25) is 0 Å². The summed E-state index contributed by atoms with van der Waals surface area (Å²) in [7, 11) is 1.61. The van der Waals surface area contributed by atoms with Crippen LogP contribution in [0.3, 0.4) is 0 Å². The van der Waals surface area contributed by atoms with Crippen molar-refractivity contribution in [2.75, 3.05) is 20.3 Å². The Morgan fingerprint density at radius 2 is 2.04 bits per heavy atom. The first-order valence-electron chi connectivity index (χ1n) is 8.60. The number of para-hydroxylation sites is 1. The van der Waals surface area contributed by atoms with Crippen LogP contribution in [0.2, 0.25) is 0 Å². The SMILES string of the molecule is C=CCOc1ccccc1CN=C(NCC)NCc1cccc(OC)n1. The minimum absolute atomic E-state index is 0.473. The minimum atomic E-state index is 0.473. The Balaban J connectivity index is 2.03. The lowest BCUT2D eigenvalue weighted by molar-refractivity contribution is 0.359. The van der Waals surface area contributed by atoms with Crippen LogP contribution in [-0.4, -0.2) is 31.2 Å². The Kier molecular flexibility index (Phi) is 7.99. The third kappa shape index (κ3) is 6.12. The largest absolute Gasteiger partial charge is 0.489 e. The number of hydrogen-bond acceptors (Lipinski definition) is 4. The Morgan fingerprint density at radius 3 is 2.81 bits per heavy atom.